The molecule has 2 fully saturated rings. The molecule has 0 radical (unpaired) electrons. The number of aliphatic carboxylic acids is 4. The van der Waals surface area contributed by atoms with E-state index in [1.54, 1.807) is 11.3 Å². The van der Waals surface area contributed by atoms with Crippen molar-refractivity contribution in [2.45, 2.75) is 51.6 Å². The molecule has 2 aromatic heterocycles. The van der Waals surface area contributed by atoms with Gasteiger partial charge in [0, 0.05) is 47.7 Å². The minimum atomic E-state index is -1.26. The third-order valence-electron chi connectivity index (χ3n) is 7.66. The van der Waals surface area contributed by atoms with Crippen molar-refractivity contribution in [1.29, 1.82) is 0 Å². The number of carboxylic acid groups (broad SMARTS) is 4. The Kier molecular flexibility index (Phi) is 15.7. The maximum atomic E-state index is 9.55. The molecule has 0 amide bonds. The van der Waals surface area contributed by atoms with Crippen LogP contribution < -0.4 is 4.74 Å². The van der Waals surface area contributed by atoms with Crippen LogP contribution in [0.1, 0.15) is 48.2 Å². The molecule has 13 nitrogen and oxygen atoms in total. The third kappa shape index (κ3) is 14.8. The molecule has 3 heterocycles. The number of likely N-dealkylation sites (tertiary alicyclic amines) is 1. The molecule has 3 aromatic rings. The number of benzene rings is 1. The van der Waals surface area contributed by atoms with Gasteiger partial charge in [-0.05, 0) is 102 Å². The molecule has 5 rings (SSSR count). The molecule has 0 atom stereocenters. The largest absolute Gasteiger partial charge is 0.493 e. The minimum Gasteiger partial charge on any atom is -0.493 e. The van der Waals surface area contributed by atoms with Crippen LogP contribution in [-0.4, -0.2) is 93.1 Å². The molecule has 0 bridgehead atoms. The molecule has 1 saturated heterocycles. The van der Waals surface area contributed by atoms with E-state index in [1.165, 1.54) is 37.0 Å². The van der Waals surface area contributed by atoms with Crippen molar-refractivity contribution in [3.63, 3.8) is 0 Å². The van der Waals surface area contributed by atoms with E-state index < -0.39 is 23.9 Å². The third-order valence-corrected chi connectivity index (χ3v) is 8.88. The Hall–Kier alpha value is -4.24. The maximum Gasteiger partial charge on any atom is 0.328 e. The lowest BCUT2D eigenvalue weighted by atomic mass is 9.91. The zero-order valence-electron chi connectivity index (χ0n) is 27.4. The fourth-order valence-electron chi connectivity index (χ4n) is 5.08. The summed E-state index contributed by atoms with van der Waals surface area (Å²) in [5.41, 5.74) is 3.12. The highest BCUT2D eigenvalue weighted by Crippen LogP contribution is 2.35. The van der Waals surface area contributed by atoms with Crippen LogP contribution in [-0.2, 0) is 38.7 Å². The topological polar surface area (TPSA) is 191 Å². The molecule has 15 heteroatoms. The number of ether oxygens (including phenoxy) is 1. The number of thiophene rings is 1. The van der Waals surface area contributed by atoms with Crippen LogP contribution in [0, 0.1) is 11.8 Å². The number of aromatic nitrogens is 1. The SMILES string of the molecule is CN(C)Cc1c(OCC2CC2)ccc2c(CCC3CCN(Cc4ccc(Cl)s4)CC3)noc12.O=C(O)/C=C/C(=O)O.O=C(O)/C=C/C(=O)O. The molecule has 2 aliphatic rings. The van der Waals surface area contributed by atoms with E-state index in [9.17, 15) is 19.2 Å². The van der Waals surface area contributed by atoms with Crippen LogP contribution in [0.15, 0.2) is 53.1 Å². The van der Waals surface area contributed by atoms with Gasteiger partial charge in [0.2, 0.25) is 0 Å². The first kappa shape index (κ1) is 39.2. The fraction of sp³-hybridized carbons (Fsp3) is 0.441. The summed E-state index contributed by atoms with van der Waals surface area (Å²) in [5, 5.41) is 36.9. The van der Waals surface area contributed by atoms with Crippen molar-refractivity contribution in [3.8, 4) is 5.75 Å². The van der Waals surface area contributed by atoms with Crippen LogP contribution in [0.2, 0.25) is 4.34 Å². The van der Waals surface area contributed by atoms with Gasteiger partial charge in [0.15, 0.2) is 5.58 Å². The fourth-order valence-corrected chi connectivity index (χ4v) is 6.21. The Morgan fingerprint density at radius 2 is 1.51 bits per heavy atom. The second-order valence-corrected chi connectivity index (χ2v) is 13.8. The first-order valence-corrected chi connectivity index (χ1v) is 16.9. The summed E-state index contributed by atoms with van der Waals surface area (Å²) in [6.07, 6.45) is 9.46. The Morgan fingerprint density at radius 1 is 0.918 bits per heavy atom. The van der Waals surface area contributed by atoms with Gasteiger partial charge in [-0.25, -0.2) is 19.2 Å². The first-order chi connectivity index (χ1) is 23.3. The number of hydrogen-bond donors (Lipinski definition) is 4. The molecule has 0 spiro atoms. The highest BCUT2D eigenvalue weighted by molar-refractivity contribution is 7.16. The predicted molar refractivity (Wildman–Crippen MR) is 184 cm³/mol. The van der Waals surface area contributed by atoms with E-state index in [0.29, 0.717) is 24.3 Å². The lowest BCUT2D eigenvalue weighted by molar-refractivity contribution is -0.134. The number of carbonyl (C=O) groups is 4. The van der Waals surface area contributed by atoms with Gasteiger partial charge >= 0.3 is 23.9 Å². The summed E-state index contributed by atoms with van der Waals surface area (Å²) in [4.78, 5) is 44.3. The summed E-state index contributed by atoms with van der Waals surface area (Å²) < 4.78 is 12.9. The molecule has 1 aromatic carbocycles. The van der Waals surface area contributed by atoms with Gasteiger partial charge in [0.05, 0.1) is 22.2 Å². The van der Waals surface area contributed by atoms with Gasteiger partial charge < -0.3 is 34.6 Å². The van der Waals surface area contributed by atoms with E-state index >= 15 is 0 Å². The highest BCUT2D eigenvalue weighted by atomic mass is 35.5. The molecule has 266 valence electrons. The molecular weight excluding hydrogens is 678 g/mol. The molecular formula is C34H42ClN3O10S. The van der Waals surface area contributed by atoms with E-state index in [4.69, 9.17) is 41.3 Å². The number of halogens is 1. The van der Waals surface area contributed by atoms with Crippen LogP contribution >= 0.6 is 22.9 Å². The lowest BCUT2D eigenvalue weighted by Crippen LogP contribution is -2.33. The second kappa shape index (κ2) is 19.7. The number of nitrogens with zero attached hydrogens (tertiary/aromatic N) is 3. The molecule has 49 heavy (non-hydrogen) atoms. The summed E-state index contributed by atoms with van der Waals surface area (Å²) in [6.45, 7) is 4.95. The van der Waals surface area contributed by atoms with Crippen LogP contribution in [0.5, 0.6) is 5.75 Å². The summed E-state index contributed by atoms with van der Waals surface area (Å²) in [6, 6.07) is 8.43. The zero-order valence-corrected chi connectivity index (χ0v) is 29.0. The van der Waals surface area contributed by atoms with Gasteiger partial charge in [-0.3, -0.25) is 4.90 Å². The van der Waals surface area contributed by atoms with Crippen molar-refractivity contribution in [2.24, 2.45) is 11.8 Å². The van der Waals surface area contributed by atoms with E-state index in [-0.39, 0.29) is 0 Å². The van der Waals surface area contributed by atoms with E-state index in [1.807, 2.05) is 6.07 Å². The first-order valence-electron chi connectivity index (χ1n) is 15.7. The Labute approximate surface area is 293 Å². The van der Waals surface area contributed by atoms with Crippen molar-refractivity contribution in [2.75, 3.05) is 33.8 Å². The second-order valence-electron chi connectivity index (χ2n) is 12.0. The van der Waals surface area contributed by atoms with Crippen LogP contribution in [0.3, 0.4) is 0 Å². The zero-order chi connectivity index (χ0) is 35.9. The van der Waals surface area contributed by atoms with Crippen LogP contribution in [0.25, 0.3) is 11.0 Å². The average Bonchev–Trinajstić information content (AvgIpc) is 3.64. The number of rotatable bonds is 14. The Morgan fingerprint density at radius 3 is 2.00 bits per heavy atom. The number of carboxylic acids is 4. The minimum absolute atomic E-state index is 0.558. The number of hydrogen-bond acceptors (Lipinski definition) is 10. The molecule has 1 aliphatic heterocycles. The molecule has 4 N–H and O–H groups in total. The van der Waals surface area contributed by atoms with Gasteiger partial charge in [-0.15, -0.1) is 11.3 Å². The predicted octanol–water partition coefficient (Wildman–Crippen LogP) is 5.66. The molecule has 1 aliphatic carbocycles. The van der Waals surface area contributed by atoms with Crippen molar-refractivity contribution in [3.05, 3.63) is 69.0 Å². The number of aryl methyl sites for hydroxylation is 1. The number of piperidine rings is 1. The molecule has 1 saturated carbocycles. The smallest absolute Gasteiger partial charge is 0.328 e. The van der Waals surface area contributed by atoms with Gasteiger partial charge in [-0.1, -0.05) is 16.8 Å². The van der Waals surface area contributed by atoms with Gasteiger partial charge in [-0.2, -0.15) is 0 Å². The van der Waals surface area contributed by atoms with Crippen molar-refractivity contribution >= 4 is 57.8 Å². The Bertz CT molecular complexity index is 1560. The van der Waals surface area contributed by atoms with Crippen molar-refractivity contribution < 1.29 is 48.9 Å². The van der Waals surface area contributed by atoms with E-state index in [0.717, 1.165) is 83.4 Å². The quantitative estimate of drug-likeness (QED) is 0.149. The Balaban J connectivity index is 0.000000338. The summed E-state index contributed by atoms with van der Waals surface area (Å²) in [5.74, 6) is -2.60. The van der Waals surface area contributed by atoms with Gasteiger partial charge in [0.25, 0.3) is 0 Å². The summed E-state index contributed by atoms with van der Waals surface area (Å²) in [7, 11) is 4.17. The highest BCUT2D eigenvalue weighted by Gasteiger charge is 2.25. The molecule has 0 unspecified atom stereocenters. The lowest BCUT2D eigenvalue weighted by Gasteiger charge is -2.31. The van der Waals surface area contributed by atoms with E-state index in [2.05, 4.69) is 47.3 Å². The normalized spacial score (nSPS) is 15.2. The van der Waals surface area contributed by atoms with Crippen molar-refractivity contribution in [1.82, 2.24) is 15.0 Å². The standard InChI is InChI=1S/C26H34ClN3O2S.2C4H4O4/c1-29(2)16-22-24(31-17-19-3-4-19)9-7-21-23(28-32-26(21)22)8-5-18-11-13-30(14-12-18)15-20-6-10-25(27)33-20;2*5-3(6)1-2-4(7)8/h6-7,9-10,18-19H,3-5,8,11-17H2,1-2H3;2*1-2H,(H,5,6)(H,7,8)/b;2*2-1+. The van der Waals surface area contributed by atoms with Gasteiger partial charge in [0.1, 0.15) is 5.75 Å². The number of fused-ring (bicyclic) bond motifs is 1. The monoisotopic (exact) mass is 719 g/mol. The maximum absolute atomic E-state index is 9.55. The van der Waals surface area contributed by atoms with Crippen LogP contribution in [0.4, 0.5) is 0 Å². The summed E-state index contributed by atoms with van der Waals surface area (Å²) >= 11 is 7.78. The average molecular weight is 720 g/mol.